The lowest BCUT2D eigenvalue weighted by Crippen LogP contribution is -2.29. The zero-order chi connectivity index (χ0) is 37.8. The molecule has 0 amide bonds. The van der Waals surface area contributed by atoms with Gasteiger partial charge in [-0.2, -0.15) is 0 Å². The summed E-state index contributed by atoms with van der Waals surface area (Å²) >= 11 is 0. The van der Waals surface area contributed by atoms with E-state index in [0.29, 0.717) is 19.3 Å². The lowest BCUT2D eigenvalue weighted by atomic mass is 10.0. The first-order valence-electron chi connectivity index (χ1n) is 19.1. The van der Waals surface area contributed by atoms with Crippen LogP contribution in [0.2, 0.25) is 0 Å². The maximum absolute atomic E-state index is 12.5. The summed E-state index contributed by atoms with van der Waals surface area (Å²) in [6.45, 7) is 2.54. The maximum atomic E-state index is 12.5. The molecule has 0 bridgehead atoms. The Morgan fingerprint density at radius 2 is 1.14 bits per heavy atom. The van der Waals surface area contributed by atoms with E-state index in [0.717, 1.165) is 70.1 Å². The summed E-state index contributed by atoms with van der Waals surface area (Å²) in [5.74, 6) is -0.276. The number of ether oxygens (including phenoxy) is 2. The predicted molar refractivity (Wildman–Crippen MR) is 202 cm³/mol. The van der Waals surface area contributed by atoms with Gasteiger partial charge in [-0.05, 0) is 63.7 Å². The van der Waals surface area contributed by atoms with Crippen LogP contribution in [0.4, 0.5) is 0 Å². The minimum absolute atomic E-state index is 0.0972. The van der Waals surface area contributed by atoms with Crippen molar-refractivity contribution in [1.29, 1.82) is 0 Å². The summed E-state index contributed by atoms with van der Waals surface area (Å²) < 4.78 is 32.5. The van der Waals surface area contributed by atoms with Crippen molar-refractivity contribution in [2.45, 2.75) is 148 Å². The zero-order valence-corrected chi connectivity index (χ0v) is 32.3. The van der Waals surface area contributed by atoms with Crippen LogP contribution in [0.5, 0.6) is 0 Å². The number of unbranched alkanes of at least 4 members (excludes halogenated alkanes) is 10. The van der Waals surface area contributed by atoms with Crippen molar-refractivity contribution >= 4 is 19.8 Å². The van der Waals surface area contributed by atoms with E-state index in [1.165, 1.54) is 25.7 Å². The van der Waals surface area contributed by atoms with Gasteiger partial charge in [-0.25, -0.2) is 4.57 Å². The second-order valence-electron chi connectivity index (χ2n) is 13.2. The van der Waals surface area contributed by atoms with Crippen molar-refractivity contribution in [1.82, 2.24) is 0 Å². The Balaban J connectivity index is 4.47. The quantitative estimate of drug-likeness (QED) is 0.0214. The maximum Gasteiger partial charge on any atom is 0.472 e. The SMILES string of the molecule is CC(C)CCCCCCCCCC(=O)OC[C@H](COP(=O)(O)OC[C@@H](O)CO)OC(=O)CCC/C=C\C/C=C\C/C=C\C/C=C\CCCCCO. The highest BCUT2D eigenvalue weighted by molar-refractivity contribution is 7.47. The zero-order valence-electron chi connectivity index (χ0n) is 31.4. The highest BCUT2D eigenvalue weighted by Crippen LogP contribution is 2.43. The molecule has 0 aromatic heterocycles. The Bertz CT molecular complexity index is 1010. The number of hydrogen-bond donors (Lipinski definition) is 4. The number of esters is 2. The summed E-state index contributed by atoms with van der Waals surface area (Å²) in [6.07, 6.45) is 31.3. The normalized spacial score (nSPS) is 14.6. The molecule has 0 heterocycles. The molecule has 296 valence electrons. The molecule has 0 fully saturated rings. The smallest absolute Gasteiger partial charge is 0.462 e. The minimum Gasteiger partial charge on any atom is -0.462 e. The topological polar surface area (TPSA) is 169 Å². The van der Waals surface area contributed by atoms with Crippen molar-refractivity contribution in [3.05, 3.63) is 48.6 Å². The van der Waals surface area contributed by atoms with Gasteiger partial charge in [0.15, 0.2) is 6.10 Å². The van der Waals surface area contributed by atoms with Gasteiger partial charge in [-0.1, -0.05) is 114 Å². The monoisotopic (exact) mass is 744 g/mol. The van der Waals surface area contributed by atoms with Crippen molar-refractivity contribution in [2.24, 2.45) is 5.92 Å². The molecule has 1 unspecified atom stereocenters. The van der Waals surface area contributed by atoms with Gasteiger partial charge < -0.3 is 29.7 Å². The number of carbonyl (C=O) groups is 2. The van der Waals surface area contributed by atoms with E-state index < -0.39 is 51.8 Å². The number of phosphoric ester groups is 1. The van der Waals surface area contributed by atoms with Gasteiger partial charge in [0.1, 0.15) is 12.7 Å². The summed E-state index contributed by atoms with van der Waals surface area (Å²) in [7, 11) is -4.63. The van der Waals surface area contributed by atoms with Gasteiger partial charge in [0.05, 0.1) is 19.8 Å². The second-order valence-corrected chi connectivity index (χ2v) is 14.6. The fourth-order valence-corrected chi connectivity index (χ4v) is 5.53. The molecule has 0 saturated carbocycles. The van der Waals surface area contributed by atoms with E-state index in [2.05, 4.69) is 54.8 Å². The third-order valence-electron chi connectivity index (χ3n) is 7.72. The number of phosphoric acid groups is 1. The molecule has 0 radical (unpaired) electrons. The molecule has 12 heteroatoms. The average Bonchev–Trinajstić information content (AvgIpc) is 3.10. The fraction of sp³-hybridized carbons (Fsp3) is 0.744. The van der Waals surface area contributed by atoms with E-state index in [1.807, 2.05) is 12.2 Å². The van der Waals surface area contributed by atoms with Crippen LogP contribution >= 0.6 is 7.82 Å². The van der Waals surface area contributed by atoms with E-state index >= 15 is 0 Å². The largest absolute Gasteiger partial charge is 0.472 e. The summed E-state index contributed by atoms with van der Waals surface area (Å²) in [5, 5.41) is 27.0. The minimum atomic E-state index is -4.63. The fourth-order valence-electron chi connectivity index (χ4n) is 4.74. The molecule has 0 aliphatic carbocycles. The van der Waals surface area contributed by atoms with Crippen LogP contribution in [0.1, 0.15) is 136 Å². The Labute approximate surface area is 307 Å². The average molecular weight is 745 g/mol. The van der Waals surface area contributed by atoms with Gasteiger partial charge in [-0.15, -0.1) is 0 Å². The van der Waals surface area contributed by atoms with Crippen molar-refractivity contribution in [2.75, 3.05) is 33.0 Å². The lowest BCUT2D eigenvalue weighted by molar-refractivity contribution is -0.161. The number of hydrogen-bond acceptors (Lipinski definition) is 10. The van der Waals surface area contributed by atoms with Gasteiger partial charge in [-0.3, -0.25) is 18.6 Å². The highest BCUT2D eigenvalue weighted by atomic mass is 31.2. The van der Waals surface area contributed by atoms with E-state index in [4.69, 9.17) is 24.2 Å². The summed E-state index contributed by atoms with van der Waals surface area (Å²) in [4.78, 5) is 34.7. The molecule has 0 aromatic rings. The van der Waals surface area contributed by atoms with Gasteiger partial charge in [0, 0.05) is 19.4 Å². The summed E-state index contributed by atoms with van der Waals surface area (Å²) in [6, 6.07) is 0. The Morgan fingerprint density at radius 3 is 1.73 bits per heavy atom. The van der Waals surface area contributed by atoms with Crippen LogP contribution in [0.3, 0.4) is 0 Å². The van der Waals surface area contributed by atoms with Crippen molar-refractivity contribution in [3.8, 4) is 0 Å². The molecule has 0 rings (SSSR count). The van der Waals surface area contributed by atoms with Crippen LogP contribution in [-0.2, 0) is 32.7 Å². The van der Waals surface area contributed by atoms with Crippen LogP contribution in [0.25, 0.3) is 0 Å². The molecule has 0 spiro atoms. The lowest BCUT2D eigenvalue weighted by Gasteiger charge is -2.20. The van der Waals surface area contributed by atoms with Gasteiger partial charge in [0.2, 0.25) is 0 Å². The molecule has 0 aromatic carbocycles. The van der Waals surface area contributed by atoms with E-state index in [9.17, 15) is 24.2 Å². The van der Waals surface area contributed by atoms with Gasteiger partial charge >= 0.3 is 19.8 Å². The number of allylic oxidation sites excluding steroid dienone is 8. The molecule has 11 nitrogen and oxygen atoms in total. The second kappa shape index (κ2) is 34.9. The number of aliphatic hydroxyl groups is 3. The number of carbonyl (C=O) groups excluding carboxylic acids is 2. The first-order valence-corrected chi connectivity index (χ1v) is 20.6. The Hall–Kier alpha value is -2.11. The third kappa shape index (κ3) is 36.1. The summed E-state index contributed by atoms with van der Waals surface area (Å²) in [5.41, 5.74) is 0. The Morgan fingerprint density at radius 1 is 0.627 bits per heavy atom. The van der Waals surface area contributed by atoms with Crippen LogP contribution in [-0.4, -0.2) is 77.4 Å². The van der Waals surface area contributed by atoms with Crippen LogP contribution in [0, 0.1) is 5.92 Å². The molecule has 4 N–H and O–H groups in total. The molecule has 0 aliphatic heterocycles. The molecule has 0 aliphatic rings. The van der Waals surface area contributed by atoms with E-state index in [1.54, 1.807) is 0 Å². The Kier molecular flexibility index (Phi) is 33.5. The molecule has 0 saturated heterocycles. The predicted octanol–water partition coefficient (Wildman–Crippen LogP) is 8.21. The number of aliphatic hydroxyl groups excluding tert-OH is 3. The first kappa shape index (κ1) is 48.9. The van der Waals surface area contributed by atoms with Crippen molar-refractivity contribution in [3.63, 3.8) is 0 Å². The van der Waals surface area contributed by atoms with Crippen molar-refractivity contribution < 1.29 is 52.9 Å². The molecular weight excluding hydrogens is 675 g/mol. The number of rotatable bonds is 35. The highest BCUT2D eigenvalue weighted by Gasteiger charge is 2.27. The first-order chi connectivity index (χ1) is 24.6. The van der Waals surface area contributed by atoms with E-state index in [-0.39, 0.29) is 26.1 Å². The van der Waals surface area contributed by atoms with Crippen LogP contribution < -0.4 is 0 Å². The molecular formula is C39H69O11P. The van der Waals surface area contributed by atoms with Gasteiger partial charge in [0.25, 0.3) is 0 Å². The standard InChI is InChI=1S/C39H69O11P/c1-35(2)27-23-19-15-14-17-20-24-28-38(43)47-33-37(34-49-51(45,46)48-32-36(42)31-41)50-39(44)29-25-21-16-12-10-8-6-4-3-5-7-9-11-13-18-22-26-30-40/h3,5-6,8-9,11-12,16,35-37,40-42H,4,7,10,13-15,17-34H2,1-2H3,(H,45,46)/b5-3-,8-6-,11-9-,16-12-/t36-,37+/m0/s1. The molecule has 51 heavy (non-hydrogen) atoms. The third-order valence-corrected chi connectivity index (χ3v) is 8.67. The van der Waals surface area contributed by atoms with Crippen LogP contribution in [0.15, 0.2) is 48.6 Å². The molecule has 3 atom stereocenters.